The quantitative estimate of drug-likeness (QED) is 0.839. The first kappa shape index (κ1) is 13.1. The van der Waals surface area contributed by atoms with Crippen molar-refractivity contribution in [2.45, 2.75) is 39.2 Å². The Morgan fingerprint density at radius 1 is 1.28 bits per heavy atom. The number of hydrogen-bond acceptors (Lipinski definition) is 2. The van der Waals surface area contributed by atoms with E-state index in [1.54, 1.807) is 0 Å². The van der Waals surface area contributed by atoms with Crippen molar-refractivity contribution in [1.82, 2.24) is 10.6 Å². The van der Waals surface area contributed by atoms with E-state index in [0.717, 1.165) is 49.0 Å². The molecule has 0 bridgehead atoms. The molecule has 2 N–H and O–H groups in total. The van der Waals surface area contributed by atoms with Crippen molar-refractivity contribution in [3.8, 4) is 0 Å². The largest absolute Gasteiger partial charge is 0.349 e. The molecule has 1 aliphatic heterocycles. The second-order valence-electron chi connectivity index (χ2n) is 5.17. The van der Waals surface area contributed by atoms with E-state index in [9.17, 15) is 4.79 Å². The monoisotopic (exact) mass is 246 g/mol. The van der Waals surface area contributed by atoms with Crippen molar-refractivity contribution in [1.29, 1.82) is 0 Å². The molecule has 0 saturated carbocycles. The van der Waals surface area contributed by atoms with Crippen molar-refractivity contribution in [3.63, 3.8) is 0 Å². The van der Waals surface area contributed by atoms with Gasteiger partial charge in [0, 0.05) is 11.6 Å². The van der Waals surface area contributed by atoms with Crippen molar-refractivity contribution in [3.05, 3.63) is 34.9 Å². The van der Waals surface area contributed by atoms with Crippen LogP contribution >= 0.6 is 0 Å². The number of carbonyl (C=O) groups excluding carboxylic acids is 1. The van der Waals surface area contributed by atoms with Crippen LogP contribution in [0.15, 0.2) is 18.2 Å². The van der Waals surface area contributed by atoms with E-state index in [2.05, 4.69) is 10.6 Å². The van der Waals surface area contributed by atoms with Gasteiger partial charge in [0.25, 0.3) is 5.91 Å². The minimum absolute atomic E-state index is 0.0723. The lowest BCUT2D eigenvalue weighted by atomic mass is 10.0. The summed E-state index contributed by atoms with van der Waals surface area (Å²) in [5, 5.41) is 6.52. The van der Waals surface area contributed by atoms with Crippen LogP contribution in [0.1, 0.15) is 40.7 Å². The molecule has 0 spiro atoms. The third kappa shape index (κ3) is 3.33. The number of aryl methyl sites for hydroxylation is 2. The lowest BCUT2D eigenvalue weighted by Crippen LogP contribution is -2.35. The Labute approximate surface area is 109 Å². The summed E-state index contributed by atoms with van der Waals surface area (Å²) in [6, 6.07) is 6.34. The third-order valence-corrected chi connectivity index (χ3v) is 3.55. The fraction of sp³-hybridized carbons (Fsp3) is 0.533. The van der Waals surface area contributed by atoms with E-state index in [4.69, 9.17) is 0 Å². The summed E-state index contributed by atoms with van der Waals surface area (Å²) in [5.74, 6) is 0.0723. The molecule has 0 aromatic heterocycles. The van der Waals surface area contributed by atoms with Crippen molar-refractivity contribution in [2.75, 3.05) is 13.1 Å². The topological polar surface area (TPSA) is 41.1 Å². The molecule has 1 heterocycles. The van der Waals surface area contributed by atoms with E-state index in [0.29, 0.717) is 6.04 Å². The first-order valence-electron chi connectivity index (χ1n) is 6.75. The number of hydrogen-bond donors (Lipinski definition) is 2. The molecule has 1 aliphatic rings. The highest BCUT2D eigenvalue weighted by atomic mass is 16.1. The van der Waals surface area contributed by atoms with Crippen LogP contribution in [0.3, 0.4) is 0 Å². The summed E-state index contributed by atoms with van der Waals surface area (Å²) in [6.07, 6.45) is 3.23. The van der Waals surface area contributed by atoms with Gasteiger partial charge < -0.3 is 10.6 Å². The van der Waals surface area contributed by atoms with Crippen LogP contribution < -0.4 is 10.6 Å². The second kappa shape index (κ2) is 6.01. The Morgan fingerprint density at radius 2 is 2.11 bits per heavy atom. The lowest BCUT2D eigenvalue weighted by Gasteiger charge is -2.17. The van der Waals surface area contributed by atoms with Crippen molar-refractivity contribution >= 4 is 5.91 Å². The molecule has 0 aliphatic carbocycles. The van der Waals surface area contributed by atoms with Gasteiger partial charge in [0.15, 0.2) is 0 Å². The fourth-order valence-electron chi connectivity index (χ4n) is 2.41. The first-order chi connectivity index (χ1) is 8.66. The van der Waals surface area contributed by atoms with Gasteiger partial charge >= 0.3 is 0 Å². The van der Waals surface area contributed by atoms with Gasteiger partial charge in [-0.05, 0) is 57.8 Å². The standard InChI is InChI=1S/C15H22N2O/c1-11-5-6-12(2)14(10-11)15(18)17-13-4-3-8-16-9-7-13/h5-6,10,13,16H,3-4,7-9H2,1-2H3,(H,17,18). The van der Waals surface area contributed by atoms with Crippen LogP contribution in [0.5, 0.6) is 0 Å². The minimum atomic E-state index is 0.0723. The average Bonchev–Trinajstić information content (AvgIpc) is 2.61. The molecule has 3 nitrogen and oxygen atoms in total. The highest BCUT2D eigenvalue weighted by Gasteiger charge is 2.16. The number of amides is 1. The fourth-order valence-corrected chi connectivity index (χ4v) is 2.41. The van der Waals surface area contributed by atoms with Gasteiger partial charge in [-0.3, -0.25) is 4.79 Å². The highest BCUT2D eigenvalue weighted by molar-refractivity contribution is 5.96. The Morgan fingerprint density at radius 3 is 2.94 bits per heavy atom. The van der Waals surface area contributed by atoms with E-state index < -0.39 is 0 Å². The molecule has 18 heavy (non-hydrogen) atoms. The number of benzene rings is 1. The smallest absolute Gasteiger partial charge is 0.251 e. The molecule has 1 aromatic rings. The van der Waals surface area contributed by atoms with E-state index >= 15 is 0 Å². The Bertz CT molecular complexity index is 421. The molecule has 1 aromatic carbocycles. The van der Waals surface area contributed by atoms with Crippen molar-refractivity contribution in [2.24, 2.45) is 0 Å². The van der Waals surface area contributed by atoms with Crippen LogP contribution in [0.25, 0.3) is 0 Å². The molecule has 98 valence electrons. The molecule has 1 atom stereocenters. The number of carbonyl (C=O) groups is 1. The van der Waals surface area contributed by atoms with E-state index in [1.807, 2.05) is 32.0 Å². The van der Waals surface area contributed by atoms with Gasteiger partial charge in [-0.25, -0.2) is 0 Å². The molecular formula is C15H22N2O. The van der Waals surface area contributed by atoms with Crippen LogP contribution in [0, 0.1) is 13.8 Å². The van der Waals surface area contributed by atoms with E-state index in [1.165, 1.54) is 0 Å². The molecule has 3 heteroatoms. The predicted octanol–water partition coefficient (Wildman–Crippen LogP) is 2.18. The Balaban J connectivity index is 2.04. The van der Waals surface area contributed by atoms with Gasteiger partial charge in [0.05, 0.1) is 0 Å². The normalized spacial score (nSPS) is 20.2. The molecule has 1 fully saturated rings. The van der Waals surface area contributed by atoms with Gasteiger partial charge in [-0.2, -0.15) is 0 Å². The third-order valence-electron chi connectivity index (χ3n) is 3.55. The average molecular weight is 246 g/mol. The first-order valence-corrected chi connectivity index (χ1v) is 6.75. The van der Waals surface area contributed by atoms with Gasteiger partial charge in [0.2, 0.25) is 0 Å². The summed E-state index contributed by atoms with van der Waals surface area (Å²) in [7, 11) is 0. The lowest BCUT2D eigenvalue weighted by molar-refractivity contribution is 0.0933. The Hall–Kier alpha value is -1.35. The van der Waals surface area contributed by atoms with Crippen molar-refractivity contribution < 1.29 is 4.79 Å². The summed E-state index contributed by atoms with van der Waals surface area (Å²) in [5.41, 5.74) is 2.99. The summed E-state index contributed by atoms with van der Waals surface area (Å²) >= 11 is 0. The number of rotatable bonds is 2. The van der Waals surface area contributed by atoms with Gasteiger partial charge in [0.1, 0.15) is 0 Å². The highest BCUT2D eigenvalue weighted by Crippen LogP contribution is 2.12. The van der Waals surface area contributed by atoms with E-state index in [-0.39, 0.29) is 5.91 Å². The number of nitrogens with one attached hydrogen (secondary N) is 2. The molecule has 1 amide bonds. The van der Waals surface area contributed by atoms with Crippen LogP contribution in [0.4, 0.5) is 0 Å². The zero-order chi connectivity index (χ0) is 13.0. The van der Waals surface area contributed by atoms with Crippen LogP contribution in [-0.2, 0) is 0 Å². The molecule has 0 radical (unpaired) electrons. The SMILES string of the molecule is Cc1ccc(C)c(C(=O)NC2CCCNCC2)c1. The zero-order valence-electron chi connectivity index (χ0n) is 11.3. The maximum absolute atomic E-state index is 12.3. The zero-order valence-corrected chi connectivity index (χ0v) is 11.3. The second-order valence-corrected chi connectivity index (χ2v) is 5.17. The maximum Gasteiger partial charge on any atom is 0.251 e. The van der Waals surface area contributed by atoms with Gasteiger partial charge in [-0.15, -0.1) is 0 Å². The predicted molar refractivity (Wildman–Crippen MR) is 73.9 cm³/mol. The summed E-state index contributed by atoms with van der Waals surface area (Å²) in [4.78, 5) is 12.3. The van der Waals surface area contributed by atoms with Crippen LogP contribution in [-0.4, -0.2) is 25.0 Å². The molecular weight excluding hydrogens is 224 g/mol. The van der Waals surface area contributed by atoms with Gasteiger partial charge in [-0.1, -0.05) is 17.7 Å². The molecule has 2 rings (SSSR count). The maximum atomic E-state index is 12.3. The summed E-state index contributed by atoms with van der Waals surface area (Å²) in [6.45, 7) is 6.07. The minimum Gasteiger partial charge on any atom is -0.349 e. The Kier molecular flexibility index (Phi) is 4.37. The molecule has 1 saturated heterocycles. The summed E-state index contributed by atoms with van der Waals surface area (Å²) < 4.78 is 0. The molecule has 1 unspecified atom stereocenters. The van der Waals surface area contributed by atoms with Crippen LogP contribution in [0.2, 0.25) is 0 Å².